The summed E-state index contributed by atoms with van der Waals surface area (Å²) in [7, 11) is -9.90. The van der Waals surface area contributed by atoms with Gasteiger partial charge in [-0.15, -0.1) is 0 Å². The molecule has 0 aromatic heterocycles. The lowest BCUT2D eigenvalue weighted by atomic mass is 10.0. The summed E-state index contributed by atoms with van der Waals surface area (Å²) in [4.78, 5) is 72.5. The number of phosphoric acid groups is 2. The molecule has 0 aliphatic heterocycles. The molecular formula is C74H144O17P2. The quantitative estimate of drug-likeness (QED) is 0.0222. The maximum atomic E-state index is 13.1. The van der Waals surface area contributed by atoms with Gasteiger partial charge in [0.05, 0.1) is 26.4 Å². The van der Waals surface area contributed by atoms with Gasteiger partial charge in [0.25, 0.3) is 0 Å². The van der Waals surface area contributed by atoms with Crippen molar-refractivity contribution in [2.75, 3.05) is 39.6 Å². The molecule has 17 nitrogen and oxygen atoms in total. The van der Waals surface area contributed by atoms with E-state index in [0.29, 0.717) is 25.7 Å². The fraction of sp³-hybridized carbons (Fsp3) is 0.946. The topological polar surface area (TPSA) is 237 Å². The van der Waals surface area contributed by atoms with Crippen molar-refractivity contribution >= 4 is 39.5 Å². The van der Waals surface area contributed by atoms with Crippen LogP contribution in [0.1, 0.15) is 382 Å². The van der Waals surface area contributed by atoms with Crippen LogP contribution in [0, 0.1) is 11.8 Å². The van der Waals surface area contributed by atoms with Gasteiger partial charge in [0.1, 0.15) is 19.3 Å². The number of ether oxygens (including phenoxy) is 4. The van der Waals surface area contributed by atoms with Gasteiger partial charge in [-0.05, 0) is 37.5 Å². The minimum atomic E-state index is -4.95. The van der Waals surface area contributed by atoms with Crippen molar-refractivity contribution in [2.45, 2.75) is 400 Å². The molecule has 0 aromatic rings. The Hall–Kier alpha value is -1.94. The molecule has 0 aliphatic carbocycles. The Labute approximate surface area is 568 Å². The number of esters is 4. The molecule has 0 aliphatic rings. The van der Waals surface area contributed by atoms with Gasteiger partial charge >= 0.3 is 39.5 Å². The highest BCUT2D eigenvalue weighted by molar-refractivity contribution is 7.47. The zero-order valence-electron chi connectivity index (χ0n) is 60.6. The van der Waals surface area contributed by atoms with Crippen molar-refractivity contribution in [3.05, 3.63) is 0 Å². The second-order valence-corrected chi connectivity index (χ2v) is 30.5. The molecule has 552 valence electrons. The molecule has 0 saturated carbocycles. The number of phosphoric ester groups is 2. The van der Waals surface area contributed by atoms with Gasteiger partial charge in [0, 0.05) is 25.7 Å². The van der Waals surface area contributed by atoms with E-state index >= 15 is 0 Å². The Kier molecular flexibility index (Phi) is 64.6. The van der Waals surface area contributed by atoms with Crippen molar-refractivity contribution < 1.29 is 80.2 Å². The molecule has 0 heterocycles. The predicted molar refractivity (Wildman–Crippen MR) is 377 cm³/mol. The van der Waals surface area contributed by atoms with Crippen molar-refractivity contribution in [1.82, 2.24) is 0 Å². The van der Waals surface area contributed by atoms with E-state index in [4.69, 9.17) is 37.0 Å². The van der Waals surface area contributed by atoms with Crippen molar-refractivity contribution in [3.63, 3.8) is 0 Å². The van der Waals surface area contributed by atoms with Crippen LogP contribution in [0.25, 0.3) is 0 Å². The molecule has 5 atom stereocenters. The maximum Gasteiger partial charge on any atom is 0.472 e. The lowest BCUT2D eigenvalue weighted by molar-refractivity contribution is -0.161. The van der Waals surface area contributed by atoms with Crippen LogP contribution in [-0.4, -0.2) is 96.7 Å². The summed E-state index contributed by atoms with van der Waals surface area (Å²) in [5, 5.41) is 10.6. The Morgan fingerprint density at radius 2 is 0.495 bits per heavy atom. The van der Waals surface area contributed by atoms with E-state index in [2.05, 4.69) is 41.5 Å². The third kappa shape index (κ3) is 68.4. The number of rotatable bonds is 73. The molecule has 0 bridgehead atoms. The van der Waals surface area contributed by atoms with Crippen LogP contribution in [0.15, 0.2) is 0 Å². The SMILES string of the molecule is CCCCCCCCCCCC(=O)O[C@H](COC(=O)CCCCCCCCCC)COP(=O)(O)OC[C@H](O)COP(=O)(O)OC[C@@H](COC(=O)CCCCCCCCCCCCCCCCC(C)C)OC(=O)CCCCCCCCCCCCCCCCCCC(C)C. The highest BCUT2D eigenvalue weighted by Gasteiger charge is 2.30. The smallest absolute Gasteiger partial charge is 0.462 e. The van der Waals surface area contributed by atoms with Gasteiger partial charge in [0.2, 0.25) is 0 Å². The first-order valence-corrected chi connectivity index (χ1v) is 41.5. The van der Waals surface area contributed by atoms with Gasteiger partial charge in [-0.2, -0.15) is 0 Å². The highest BCUT2D eigenvalue weighted by atomic mass is 31.2. The number of aliphatic hydroxyl groups excluding tert-OH is 1. The molecule has 2 unspecified atom stereocenters. The molecule has 0 aromatic carbocycles. The van der Waals surface area contributed by atoms with Crippen LogP contribution < -0.4 is 0 Å². The average molecular weight is 1370 g/mol. The fourth-order valence-electron chi connectivity index (χ4n) is 11.3. The van der Waals surface area contributed by atoms with Crippen LogP contribution in [0.5, 0.6) is 0 Å². The van der Waals surface area contributed by atoms with Gasteiger partial charge in [-0.3, -0.25) is 37.3 Å². The second kappa shape index (κ2) is 66.0. The third-order valence-corrected chi connectivity index (χ3v) is 19.1. The van der Waals surface area contributed by atoms with Gasteiger partial charge in [-0.1, -0.05) is 330 Å². The zero-order chi connectivity index (χ0) is 68.6. The summed E-state index contributed by atoms with van der Waals surface area (Å²) in [5.74, 6) is -0.514. The summed E-state index contributed by atoms with van der Waals surface area (Å²) in [6.07, 6.45) is 52.8. The number of aliphatic hydroxyl groups is 1. The van der Waals surface area contributed by atoms with E-state index in [1.807, 2.05) is 0 Å². The Morgan fingerprint density at radius 3 is 0.731 bits per heavy atom. The largest absolute Gasteiger partial charge is 0.472 e. The summed E-state index contributed by atoms with van der Waals surface area (Å²) in [6, 6.07) is 0. The Morgan fingerprint density at radius 1 is 0.290 bits per heavy atom. The van der Waals surface area contributed by atoms with Gasteiger partial charge in [0.15, 0.2) is 12.2 Å². The van der Waals surface area contributed by atoms with E-state index in [1.54, 1.807) is 0 Å². The van der Waals surface area contributed by atoms with E-state index in [-0.39, 0.29) is 25.7 Å². The Balaban J connectivity index is 5.18. The molecular weight excluding hydrogens is 1220 g/mol. The minimum Gasteiger partial charge on any atom is -0.462 e. The highest BCUT2D eigenvalue weighted by Crippen LogP contribution is 2.45. The molecule has 0 rings (SSSR count). The first-order chi connectivity index (χ1) is 44.9. The molecule has 0 saturated heterocycles. The van der Waals surface area contributed by atoms with Crippen LogP contribution in [0.2, 0.25) is 0 Å². The van der Waals surface area contributed by atoms with Gasteiger partial charge < -0.3 is 33.8 Å². The second-order valence-electron chi connectivity index (χ2n) is 27.6. The molecule has 19 heteroatoms. The molecule has 3 N–H and O–H groups in total. The van der Waals surface area contributed by atoms with Crippen molar-refractivity contribution in [3.8, 4) is 0 Å². The van der Waals surface area contributed by atoms with E-state index in [1.165, 1.54) is 193 Å². The number of hydrogen-bond donors (Lipinski definition) is 3. The van der Waals surface area contributed by atoms with E-state index < -0.39 is 97.5 Å². The van der Waals surface area contributed by atoms with Gasteiger partial charge in [-0.25, -0.2) is 9.13 Å². The predicted octanol–water partition coefficient (Wildman–Crippen LogP) is 21.6. The number of carbonyl (C=O) groups is 4. The number of hydrogen-bond acceptors (Lipinski definition) is 15. The van der Waals surface area contributed by atoms with Crippen LogP contribution in [-0.2, 0) is 65.4 Å². The van der Waals surface area contributed by atoms with Crippen molar-refractivity contribution in [2.24, 2.45) is 11.8 Å². The maximum absolute atomic E-state index is 13.1. The molecule has 93 heavy (non-hydrogen) atoms. The number of carbonyl (C=O) groups excluding carboxylic acids is 4. The van der Waals surface area contributed by atoms with Crippen LogP contribution in [0.3, 0.4) is 0 Å². The van der Waals surface area contributed by atoms with E-state index in [9.17, 15) is 43.2 Å². The van der Waals surface area contributed by atoms with E-state index in [0.717, 1.165) is 108 Å². The first kappa shape index (κ1) is 91.1. The van der Waals surface area contributed by atoms with Crippen LogP contribution in [0.4, 0.5) is 0 Å². The average Bonchev–Trinajstić information content (AvgIpc) is 1.77. The molecule has 0 radical (unpaired) electrons. The standard InChI is InChI=1S/C74H144O17P2/c1-7-9-11-13-15-31-40-46-52-58-73(78)90-69(62-84-71(76)56-50-44-38-16-14-12-10-8-2)64-88-92(80,81)86-60-68(75)61-87-93(82,83)89-65-70(63-85-72(77)57-51-45-39-34-29-25-22-21-24-28-33-37-43-49-55-67(5)6)91-74(79)59-53-47-41-35-30-26-20-18-17-19-23-27-32-36-42-48-54-66(3)4/h66-70,75H,7-65H2,1-6H3,(H,80,81)(H,82,83)/t68-,69+,70+/m0/s1. The monoisotopic (exact) mass is 1370 g/mol. The summed E-state index contributed by atoms with van der Waals surface area (Å²) in [6.45, 7) is 9.59. The lowest BCUT2D eigenvalue weighted by Gasteiger charge is -2.21. The lowest BCUT2D eigenvalue weighted by Crippen LogP contribution is -2.30. The fourth-order valence-corrected chi connectivity index (χ4v) is 12.9. The summed E-state index contributed by atoms with van der Waals surface area (Å²) < 4.78 is 68.3. The zero-order valence-corrected chi connectivity index (χ0v) is 62.3. The Bertz CT molecular complexity index is 1800. The minimum absolute atomic E-state index is 0.106. The number of unbranched alkanes of at least 4 members (excludes halogenated alkanes) is 43. The molecule has 0 amide bonds. The third-order valence-electron chi connectivity index (χ3n) is 17.2. The first-order valence-electron chi connectivity index (χ1n) is 38.5. The molecule has 0 spiro atoms. The summed E-state index contributed by atoms with van der Waals surface area (Å²) in [5.41, 5.74) is 0. The van der Waals surface area contributed by atoms with Crippen LogP contribution >= 0.6 is 15.6 Å². The van der Waals surface area contributed by atoms with Crippen molar-refractivity contribution in [1.29, 1.82) is 0 Å². The summed E-state index contributed by atoms with van der Waals surface area (Å²) >= 11 is 0. The molecule has 0 fully saturated rings. The normalized spacial score (nSPS) is 14.1.